The molecule has 0 aliphatic heterocycles. The van der Waals surface area contributed by atoms with Crippen LogP contribution >= 0.6 is 11.6 Å². The summed E-state index contributed by atoms with van der Waals surface area (Å²) < 4.78 is 0. The molecule has 1 aromatic rings. The highest BCUT2D eigenvalue weighted by atomic mass is 35.5. The van der Waals surface area contributed by atoms with Crippen LogP contribution < -0.4 is 11.1 Å². The van der Waals surface area contributed by atoms with Gasteiger partial charge in [-0.1, -0.05) is 24.9 Å². The number of anilines is 1. The normalized spacial score (nSPS) is 12.2. The summed E-state index contributed by atoms with van der Waals surface area (Å²) in [5, 5.41) is 3.07. The number of hydrogen-bond donors (Lipinski definition) is 2. The second-order valence-electron chi connectivity index (χ2n) is 3.63. The molecule has 1 atom stereocenters. The highest BCUT2D eigenvalue weighted by Crippen LogP contribution is 2.17. The van der Waals surface area contributed by atoms with E-state index in [1.54, 1.807) is 18.3 Å². The van der Waals surface area contributed by atoms with Crippen LogP contribution in [-0.2, 0) is 4.79 Å². The van der Waals surface area contributed by atoms with Crippen LogP contribution in [-0.4, -0.2) is 16.9 Å². The zero-order chi connectivity index (χ0) is 12.0. The molecule has 1 amide bonds. The van der Waals surface area contributed by atoms with E-state index in [9.17, 15) is 4.79 Å². The summed E-state index contributed by atoms with van der Waals surface area (Å²) in [7, 11) is 0. The van der Waals surface area contributed by atoms with Gasteiger partial charge in [-0.05, 0) is 18.6 Å². The molecule has 1 aromatic heterocycles. The first-order valence-corrected chi connectivity index (χ1v) is 5.67. The van der Waals surface area contributed by atoms with Gasteiger partial charge in [0.25, 0.3) is 0 Å². The van der Waals surface area contributed by atoms with Gasteiger partial charge >= 0.3 is 0 Å². The second kappa shape index (κ2) is 6.45. The molecule has 0 saturated heterocycles. The molecule has 0 radical (unpaired) electrons. The van der Waals surface area contributed by atoms with Crippen molar-refractivity contribution in [3.8, 4) is 0 Å². The van der Waals surface area contributed by atoms with Crippen LogP contribution in [0.15, 0.2) is 18.3 Å². The number of nitrogens with one attached hydrogen (secondary N) is 1. The maximum Gasteiger partial charge on any atom is 0.227 e. The van der Waals surface area contributed by atoms with Gasteiger partial charge in [0.1, 0.15) is 0 Å². The van der Waals surface area contributed by atoms with Gasteiger partial charge in [0.2, 0.25) is 5.91 Å². The predicted molar refractivity (Wildman–Crippen MR) is 65.4 cm³/mol. The van der Waals surface area contributed by atoms with Gasteiger partial charge in [-0.3, -0.25) is 4.79 Å². The SMILES string of the molecule is CCCC(N)CC(=O)Nc1ncccc1Cl. The summed E-state index contributed by atoms with van der Waals surface area (Å²) in [6.07, 6.45) is 3.68. The molecule has 1 unspecified atom stereocenters. The van der Waals surface area contributed by atoms with Crippen LogP contribution in [0.3, 0.4) is 0 Å². The monoisotopic (exact) mass is 241 g/mol. The van der Waals surface area contributed by atoms with Crippen LogP contribution in [0.2, 0.25) is 5.02 Å². The third-order valence-corrected chi connectivity index (χ3v) is 2.43. The Bertz CT molecular complexity index is 357. The van der Waals surface area contributed by atoms with Crippen molar-refractivity contribution in [3.63, 3.8) is 0 Å². The average molecular weight is 242 g/mol. The van der Waals surface area contributed by atoms with E-state index in [4.69, 9.17) is 17.3 Å². The molecule has 0 spiro atoms. The number of hydrogen-bond acceptors (Lipinski definition) is 3. The molecule has 1 rings (SSSR count). The van der Waals surface area contributed by atoms with E-state index in [0.29, 0.717) is 17.3 Å². The molecule has 3 N–H and O–H groups in total. The zero-order valence-electron chi connectivity index (χ0n) is 9.24. The maximum absolute atomic E-state index is 11.6. The van der Waals surface area contributed by atoms with Crippen LogP contribution in [0.4, 0.5) is 5.82 Å². The summed E-state index contributed by atoms with van der Waals surface area (Å²) in [6.45, 7) is 2.04. The van der Waals surface area contributed by atoms with Gasteiger partial charge < -0.3 is 11.1 Å². The van der Waals surface area contributed by atoms with Gasteiger partial charge in [-0.15, -0.1) is 0 Å². The van der Waals surface area contributed by atoms with Gasteiger partial charge in [0.15, 0.2) is 5.82 Å². The highest BCUT2D eigenvalue weighted by Gasteiger charge is 2.10. The molecule has 0 aromatic carbocycles. The molecule has 0 aliphatic carbocycles. The Labute approximate surface area is 100 Å². The lowest BCUT2D eigenvalue weighted by atomic mass is 10.1. The minimum atomic E-state index is -0.151. The smallest absolute Gasteiger partial charge is 0.227 e. The molecule has 0 aliphatic rings. The summed E-state index contributed by atoms with van der Waals surface area (Å²) in [4.78, 5) is 15.5. The zero-order valence-corrected chi connectivity index (χ0v) is 10.00. The van der Waals surface area contributed by atoms with Crippen molar-refractivity contribution in [2.24, 2.45) is 5.73 Å². The van der Waals surface area contributed by atoms with Crippen molar-refractivity contribution in [1.82, 2.24) is 4.98 Å². The molecular formula is C11H16ClN3O. The lowest BCUT2D eigenvalue weighted by Gasteiger charge is -2.10. The Hall–Kier alpha value is -1.13. The molecule has 0 fully saturated rings. The number of carbonyl (C=O) groups excluding carboxylic acids is 1. The standard InChI is InChI=1S/C11H16ClN3O/c1-2-4-8(13)7-10(16)15-11-9(12)5-3-6-14-11/h3,5-6,8H,2,4,7,13H2,1H3,(H,14,15,16). The number of nitrogens with two attached hydrogens (primary N) is 1. The summed E-state index contributed by atoms with van der Waals surface area (Å²) in [6, 6.07) is 3.28. The van der Waals surface area contributed by atoms with Gasteiger partial charge in [-0.25, -0.2) is 4.98 Å². The van der Waals surface area contributed by atoms with Crippen molar-refractivity contribution >= 4 is 23.3 Å². The topological polar surface area (TPSA) is 68.0 Å². The Morgan fingerprint density at radius 3 is 3.06 bits per heavy atom. The number of pyridine rings is 1. The lowest BCUT2D eigenvalue weighted by Crippen LogP contribution is -2.27. The van der Waals surface area contributed by atoms with Crippen molar-refractivity contribution in [2.45, 2.75) is 32.2 Å². The van der Waals surface area contributed by atoms with Crippen molar-refractivity contribution in [1.29, 1.82) is 0 Å². The third kappa shape index (κ3) is 4.16. The Balaban J connectivity index is 2.49. The maximum atomic E-state index is 11.6. The largest absolute Gasteiger partial charge is 0.327 e. The van der Waals surface area contributed by atoms with E-state index < -0.39 is 0 Å². The number of aromatic nitrogens is 1. The second-order valence-corrected chi connectivity index (χ2v) is 4.04. The Morgan fingerprint density at radius 1 is 1.69 bits per heavy atom. The number of amides is 1. The average Bonchev–Trinajstić information content (AvgIpc) is 2.21. The summed E-state index contributed by atoms with van der Waals surface area (Å²) in [5.41, 5.74) is 5.76. The molecule has 16 heavy (non-hydrogen) atoms. The van der Waals surface area contributed by atoms with Crippen molar-refractivity contribution in [2.75, 3.05) is 5.32 Å². The van der Waals surface area contributed by atoms with Crippen LogP contribution in [0, 0.1) is 0 Å². The quantitative estimate of drug-likeness (QED) is 0.830. The van der Waals surface area contributed by atoms with Crippen LogP contribution in [0.1, 0.15) is 26.2 Å². The number of nitrogens with zero attached hydrogens (tertiary/aromatic N) is 1. The number of halogens is 1. The molecule has 1 heterocycles. The number of rotatable bonds is 5. The molecule has 0 bridgehead atoms. The summed E-state index contributed by atoms with van der Waals surface area (Å²) in [5.74, 6) is 0.236. The third-order valence-electron chi connectivity index (χ3n) is 2.12. The van der Waals surface area contributed by atoms with Crippen molar-refractivity contribution in [3.05, 3.63) is 23.4 Å². The van der Waals surface area contributed by atoms with E-state index >= 15 is 0 Å². The van der Waals surface area contributed by atoms with Crippen LogP contribution in [0.25, 0.3) is 0 Å². The van der Waals surface area contributed by atoms with Crippen molar-refractivity contribution < 1.29 is 4.79 Å². The van der Waals surface area contributed by atoms with Gasteiger partial charge in [0.05, 0.1) is 5.02 Å². The highest BCUT2D eigenvalue weighted by molar-refractivity contribution is 6.33. The van der Waals surface area contributed by atoms with Gasteiger partial charge in [-0.2, -0.15) is 0 Å². The first kappa shape index (κ1) is 12.9. The molecule has 4 nitrogen and oxygen atoms in total. The fourth-order valence-electron chi connectivity index (χ4n) is 1.37. The molecule has 88 valence electrons. The Morgan fingerprint density at radius 2 is 2.44 bits per heavy atom. The molecule has 0 saturated carbocycles. The minimum Gasteiger partial charge on any atom is -0.327 e. The fourth-order valence-corrected chi connectivity index (χ4v) is 1.54. The first-order valence-electron chi connectivity index (χ1n) is 5.29. The van der Waals surface area contributed by atoms with E-state index in [0.717, 1.165) is 12.8 Å². The Kier molecular flexibility index (Phi) is 5.22. The minimum absolute atomic E-state index is 0.104. The predicted octanol–water partition coefficient (Wildman–Crippen LogP) is 2.19. The van der Waals surface area contributed by atoms with Gasteiger partial charge in [0, 0.05) is 18.7 Å². The summed E-state index contributed by atoms with van der Waals surface area (Å²) >= 11 is 5.86. The first-order chi connectivity index (χ1) is 7.63. The van der Waals surface area contributed by atoms with E-state index in [1.165, 1.54) is 0 Å². The van der Waals surface area contributed by atoms with E-state index in [2.05, 4.69) is 10.3 Å². The molecular weight excluding hydrogens is 226 g/mol. The van der Waals surface area contributed by atoms with Crippen LogP contribution in [0.5, 0.6) is 0 Å². The molecule has 5 heteroatoms. The van der Waals surface area contributed by atoms with E-state index in [1.807, 2.05) is 6.92 Å². The van der Waals surface area contributed by atoms with E-state index in [-0.39, 0.29) is 11.9 Å². The lowest BCUT2D eigenvalue weighted by molar-refractivity contribution is -0.116. The number of carbonyl (C=O) groups is 1. The fraction of sp³-hybridized carbons (Fsp3) is 0.455.